The fraction of sp³-hybridized carbons (Fsp3) is 0.375. The van der Waals surface area contributed by atoms with Crippen LogP contribution in [0.4, 0.5) is 23.0 Å². The lowest BCUT2D eigenvalue weighted by Crippen LogP contribution is -2.35. The van der Waals surface area contributed by atoms with E-state index in [0.29, 0.717) is 8.97 Å². The van der Waals surface area contributed by atoms with Crippen molar-refractivity contribution in [3.8, 4) is 0 Å². The lowest BCUT2D eigenvalue weighted by atomic mass is 10.3. The molecule has 0 saturated carbocycles. The second-order valence-corrected chi connectivity index (χ2v) is 7.41. The fourth-order valence-electron chi connectivity index (χ4n) is 2.11. The summed E-state index contributed by atoms with van der Waals surface area (Å²) in [5, 5.41) is 0. The molecule has 0 saturated heterocycles. The molecule has 0 atom stereocenters. The molecule has 2 aromatic heterocycles. The highest BCUT2D eigenvalue weighted by Gasteiger charge is 2.18. The van der Waals surface area contributed by atoms with Crippen LogP contribution in [0.25, 0.3) is 12.2 Å². The van der Waals surface area contributed by atoms with Gasteiger partial charge in [-0.15, -0.1) is 0 Å². The van der Waals surface area contributed by atoms with E-state index in [4.69, 9.17) is 11.5 Å². The first kappa shape index (κ1) is 16.2. The Morgan fingerprint density at radius 2 is 1.05 bits per heavy atom. The molecule has 0 aliphatic carbocycles. The number of quaternary nitrogens is 2. The summed E-state index contributed by atoms with van der Waals surface area (Å²) in [6.07, 6.45) is 3.91. The maximum absolute atomic E-state index is 6.08. The highest BCUT2D eigenvalue weighted by atomic mass is 15.3. The molecule has 6 N–H and O–H groups in total. The van der Waals surface area contributed by atoms with E-state index in [2.05, 4.69) is 52.3 Å². The summed E-state index contributed by atoms with van der Waals surface area (Å²) in [4.78, 5) is 6.70. The monoisotopic (exact) mass is 304 g/mol. The summed E-state index contributed by atoms with van der Waals surface area (Å²) in [7, 11) is 12.6. The van der Waals surface area contributed by atoms with Crippen LogP contribution in [-0.4, -0.2) is 52.3 Å². The first-order valence-electron chi connectivity index (χ1n) is 7.27. The molecular weight excluding hydrogens is 276 g/mol. The van der Waals surface area contributed by atoms with Crippen molar-refractivity contribution in [1.29, 1.82) is 0 Å². The van der Waals surface area contributed by atoms with Crippen LogP contribution in [0.1, 0.15) is 11.4 Å². The molecule has 2 rings (SSSR count). The zero-order valence-corrected chi connectivity index (χ0v) is 14.4. The van der Waals surface area contributed by atoms with Crippen LogP contribution < -0.4 is 20.4 Å². The predicted molar refractivity (Wildman–Crippen MR) is 98.5 cm³/mol. The molecule has 2 aromatic rings. The van der Waals surface area contributed by atoms with Gasteiger partial charge in [0.1, 0.15) is 0 Å². The smallest absolute Gasteiger partial charge is 0.207 e. The van der Waals surface area contributed by atoms with Crippen LogP contribution in [0.15, 0.2) is 12.1 Å². The van der Waals surface area contributed by atoms with E-state index < -0.39 is 0 Å². The minimum Gasteiger partial charge on any atom is -0.397 e. The molecule has 0 fully saturated rings. The molecule has 0 spiro atoms. The largest absolute Gasteiger partial charge is 0.397 e. The maximum Gasteiger partial charge on any atom is 0.207 e. The van der Waals surface area contributed by atoms with Crippen molar-refractivity contribution in [2.75, 3.05) is 53.8 Å². The Kier molecular flexibility index (Phi) is 3.85. The Balaban J connectivity index is 2.30. The van der Waals surface area contributed by atoms with Crippen molar-refractivity contribution in [2.45, 2.75) is 0 Å². The molecule has 0 aliphatic rings. The molecular formula is C16H28N6+2. The summed E-state index contributed by atoms with van der Waals surface area (Å²) in [5.41, 5.74) is 15.4. The van der Waals surface area contributed by atoms with Gasteiger partial charge in [0.2, 0.25) is 11.6 Å². The van der Waals surface area contributed by atoms with Gasteiger partial charge in [0.15, 0.2) is 0 Å². The number of nitrogens with two attached hydrogens (primary N) is 2. The van der Waals surface area contributed by atoms with Crippen molar-refractivity contribution >= 4 is 35.2 Å². The van der Waals surface area contributed by atoms with E-state index in [1.807, 2.05) is 24.3 Å². The second kappa shape index (κ2) is 5.23. The minimum atomic E-state index is 0.689. The van der Waals surface area contributed by atoms with Crippen molar-refractivity contribution in [3.63, 3.8) is 0 Å². The summed E-state index contributed by atoms with van der Waals surface area (Å²) in [6, 6.07) is 3.93. The van der Waals surface area contributed by atoms with E-state index in [-0.39, 0.29) is 0 Å². The molecule has 2 heterocycles. The van der Waals surface area contributed by atoms with Gasteiger partial charge in [0, 0.05) is 12.1 Å². The van der Waals surface area contributed by atoms with Crippen LogP contribution in [0.5, 0.6) is 0 Å². The summed E-state index contributed by atoms with van der Waals surface area (Å²) >= 11 is 0. The zero-order valence-electron chi connectivity index (χ0n) is 14.4. The molecule has 6 heteroatoms. The van der Waals surface area contributed by atoms with E-state index in [1.165, 1.54) is 0 Å². The number of hydrogen-bond acceptors (Lipinski definition) is 2. The SMILES string of the molecule is C[N+](C)(C)c1cc(N)c(/C=C/c2[nH]c([N+](C)(C)C)cc2N)[nH]1. The van der Waals surface area contributed by atoms with E-state index in [9.17, 15) is 0 Å². The number of nitrogens with zero attached hydrogens (tertiary/aromatic N) is 2. The number of rotatable bonds is 4. The fourth-order valence-corrected chi connectivity index (χ4v) is 2.11. The molecule has 0 unspecified atom stereocenters. The van der Waals surface area contributed by atoms with Crippen molar-refractivity contribution in [2.24, 2.45) is 0 Å². The molecule has 120 valence electrons. The zero-order chi connectivity index (χ0) is 16.7. The van der Waals surface area contributed by atoms with Gasteiger partial charge in [-0.2, -0.15) is 0 Å². The van der Waals surface area contributed by atoms with Gasteiger partial charge in [-0.3, -0.25) is 8.97 Å². The molecule has 0 bridgehead atoms. The van der Waals surface area contributed by atoms with E-state index in [1.54, 1.807) is 0 Å². The Morgan fingerprint density at radius 1 is 0.727 bits per heavy atom. The first-order chi connectivity index (χ1) is 9.98. The molecule has 0 amide bonds. The predicted octanol–water partition coefficient (Wildman–Crippen LogP) is 2.07. The topological polar surface area (TPSA) is 83.6 Å². The molecule has 22 heavy (non-hydrogen) atoms. The van der Waals surface area contributed by atoms with Gasteiger partial charge in [-0.1, -0.05) is 0 Å². The Morgan fingerprint density at radius 3 is 1.27 bits per heavy atom. The molecule has 0 aromatic carbocycles. The summed E-state index contributed by atoms with van der Waals surface area (Å²) < 4.78 is 1.38. The van der Waals surface area contributed by atoms with Gasteiger partial charge in [-0.25, -0.2) is 0 Å². The van der Waals surface area contributed by atoms with Gasteiger partial charge >= 0.3 is 0 Å². The van der Waals surface area contributed by atoms with Crippen LogP contribution in [0.2, 0.25) is 0 Å². The molecule has 0 aliphatic heterocycles. The number of aromatic amines is 2. The highest BCUT2D eigenvalue weighted by Crippen LogP contribution is 2.27. The summed E-state index contributed by atoms with van der Waals surface area (Å²) in [6.45, 7) is 0. The number of anilines is 2. The lowest BCUT2D eigenvalue weighted by molar-refractivity contribution is 0.475. The third-order valence-corrected chi connectivity index (χ3v) is 3.59. The maximum atomic E-state index is 6.08. The van der Waals surface area contributed by atoms with Gasteiger partial charge in [0.05, 0.1) is 65.0 Å². The van der Waals surface area contributed by atoms with Gasteiger partial charge in [-0.05, 0) is 12.2 Å². The number of hydrogen-bond donors (Lipinski definition) is 4. The molecule has 6 nitrogen and oxygen atoms in total. The third kappa shape index (κ3) is 3.35. The number of nitrogen functional groups attached to an aromatic ring is 2. The first-order valence-corrected chi connectivity index (χ1v) is 7.27. The van der Waals surface area contributed by atoms with E-state index in [0.717, 1.165) is 34.4 Å². The Labute approximate surface area is 132 Å². The average molecular weight is 304 g/mol. The lowest BCUT2D eigenvalue weighted by Gasteiger charge is -2.20. The minimum absolute atomic E-state index is 0.689. The van der Waals surface area contributed by atoms with Crippen molar-refractivity contribution < 1.29 is 0 Å². The van der Waals surface area contributed by atoms with Gasteiger partial charge in [0.25, 0.3) is 0 Å². The quantitative estimate of drug-likeness (QED) is 0.652. The standard InChI is InChI=1S/C16H28N6/c1-21(2,3)15-9-11(17)13(19-15)7-8-14-12(18)10-16(20-14)22(4,5)6/h7-10,19-20H,17-18H2,1-6H3/q+2/b8-7+. The normalized spacial score (nSPS) is 13.2. The van der Waals surface area contributed by atoms with Crippen molar-refractivity contribution in [1.82, 2.24) is 18.9 Å². The van der Waals surface area contributed by atoms with Gasteiger partial charge < -0.3 is 21.4 Å². The average Bonchev–Trinajstić information content (AvgIpc) is 2.89. The highest BCUT2D eigenvalue weighted by molar-refractivity contribution is 5.79. The molecule has 0 radical (unpaired) electrons. The second-order valence-electron chi connectivity index (χ2n) is 7.41. The number of H-pyrrole nitrogens is 2. The Hall–Kier alpha value is -2.18. The van der Waals surface area contributed by atoms with Crippen molar-refractivity contribution in [3.05, 3.63) is 23.5 Å². The Bertz CT molecular complexity index is 631. The number of nitrogens with one attached hydrogen (secondary N) is 2. The van der Waals surface area contributed by atoms with E-state index >= 15 is 0 Å². The van der Waals surface area contributed by atoms with Crippen LogP contribution in [0, 0.1) is 0 Å². The van der Waals surface area contributed by atoms with Crippen LogP contribution in [-0.2, 0) is 0 Å². The van der Waals surface area contributed by atoms with Crippen LogP contribution >= 0.6 is 0 Å². The van der Waals surface area contributed by atoms with Crippen LogP contribution in [0.3, 0.4) is 0 Å². The number of aromatic nitrogens is 2. The third-order valence-electron chi connectivity index (χ3n) is 3.59. The summed E-state index contributed by atoms with van der Waals surface area (Å²) in [5.74, 6) is 2.12.